The van der Waals surface area contributed by atoms with Crippen LogP contribution in [0.5, 0.6) is 0 Å². The number of carbonyl (C=O) groups is 1. The number of ketones is 1. The van der Waals surface area contributed by atoms with Gasteiger partial charge in [0.1, 0.15) is 5.76 Å². The summed E-state index contributed by atoms with van der Waals surface area (Å²) in [5, 5.41) is 11.3. The maximum Gasteiger partial charge on any atom is 0.164 e. The predicted molar refractivity (Wildman–Crippen MR) is 179 cm³/mol. The summed E-state index contributed by atoms with van der Waals surface area (Å²) < 4.78 is 23.1. The van der Waals surface area contributed by atoms with E-state index in [-0.39, 0.29) is 43.3 Å². The third kappa shape index (κ3) is 10.4. The van der Waals surface area contributed by atoms with Crippen LogP contribution in [0.25, 0.3) is 22.2 Å². The summed E-state index contributed by atoms with van der Waals surface area (Å²) in [6.45, 7) is 9.63. The molecule has 1 N–H and O–H groups in total. The maximum absolute atomic E-state index is 12.1. The van der Waals surface area contributed by atoms with E-state index in [1.54, 1.807) is 13.0 Å². The Morgan fingerprint density at radius 3 is 2.23 bits per heavy atom. The molecule has 237 valence electrons. The van der Waals surface area contributed by atoms with E-state index in [1.165, 1.54) is 49.5 Å². The molecule has 0 unspecified atom stereocenters. The number of nitrogens with zero attached hydrogens (tertiary/aromatic N) is 1. The molecular formula is C39H54IrNO2-. The van der Waals surface area contributed by atoms with Crippen LogP contribution in [-0.4, -0.2) is 15.9 Å². The zero-order valence-corrected chi connectivity index (χ0v) is 29.6. The van der Waals surface area contributed by atoms with Crippen molar-refractivity contribution in [3.05, 3.63) is 76.6 Å². The number of rotatable bonds is 10. The molecule has 1 aliphatic carbocycles. The fourth-order valence-corrected chi connectivity index (χ4v) is 6.35. The standard InChI is InChI=1S/C25H28N.C14H26O2.Ir/c1-18-14-19(2)16-22(15-18)24-13-12-23-21(10-7-11-25(23)26-24)17-20-8-5-3-4-6-9-20;1-6-11(7-2)13(15)10(5)14(16)12(8-3)9-4;/h7,10-15,20H,3-6,8-9,17H2,1-2H3;11-12,15H,6-9H2,1-5H3;/q-1;;/i2D3;;. The van der Waals surface area contributed by atoms with Crippen LogP contribution in [0, 0.1) is 37.6 Å². The summed E-state index contributed by atoms with van der Waals surface area (Å²) in [4.78, 5) is 16.9. The first-order chi connectivity index (χ1) is 21.4. The Balaban J connectivity index is 0.000000373. The molecule has 1 heterocycles. The van der Waals surface area contributed by atoms with Crippen molar-refractivity contribution in [2.75, 3.05) is 0 Å². The zero-order valence-electron chi connectivity index (χ0n) is 30.2. The molecule has 4 heteroatoms. The number of hydrogen-bond acceptors (Lipinski definition) is 3. The molecule has 3 aromatic rings. The number of aliphatic hydroxyl groups excluding tert-OH is 1. The number of hydrogen-bond donors (Lipinski definition) is 1. The Morgan fingerprint density at radius 2 is 1.63 bits per heavy atom. The number of aryl methyl sites for hydroxylation is 2. The minimum Gasteiger partial charge on any atom is -0.512 e. The van der Waals surface area contributed by atoms with Gasteiger partial charge in [-0.1, -0.05) is 104 Å². The number of fused-ring (bicyclic) bond motifs is 1. The molecule has 0 aliphatic heterocycles. The van der Waals surface area contributed by atoms with Gasteiger partial charge in [-0.3, -0.25) is 9.78 Å². The SMILES string of the molecule is CCC(CC)C(=O)C(C)=C(O)C(CC)CC.[2H]C([2H])([2H])c1[c-]c(-c2ccc3c(CC4CCCCCC4)cccc3n2)cc(C)c1.[Ir]. The average molecular weight is 764 g/mol. The monoisotopic (exact) mass is 764 g/mol. The van der Waals surface area contributed by atoms with Gasteiger partial charge in [0.25, 0.3) is 0 Å². The fraction of sp³-hybridized carbons (Fsp3) is 0.538. The number of carbonyl (C=O) groups excluding carboxylic acids is 1. The molecule has 1 aliphatic rings. The van der Waals surface area contributed by atoms with E-state index in [0.717, 1.165) is 60.4 Å². The van der Waals surface area contributed by atoms with Crippen LogP contribution >= 0.6 is 0 Å². The van der Waals surface area contributed by atoms with Gasteiger partial charge in [-0.25, -0.2) is 0 Å². The Bertz CT molecular complexity index is 1430. The molecule has 0 saturated heterocycles. The molecule has 1 saturated carbocycles. The predicted octanol–water partition coefficient (Wildman–Crippen LogP) is 11.1. The molecule has 43 heavy (non-hydrogen) atoms. The summed E-state index contributed by atoms with van der Waals surface area (Å²) >= 11 is 0. The molecule has 2 aromatic carbocycles. The van der Waals surface area contributed by atoms with Crippen molar-refractivity contribution in [3.63, 3.8) is 0 Å². The Kier molecular flexibility index (Phi) is 13.8. The van der Waals surface area contributed by atoms with E-state index >= 15 is 0 Å². The van der Waals surface area contributed by atoms with Gasteiger partial charge >= 0.3 is 0 Å². The summed E-state index contributed by atoms with van der Waals surface area (Å²) in [6, 6.07) is 17.2. The van der Waals surface area contributed by atoms with E-state index in [0.29, 0.717) is 11.3 Å². The minimum absolute atomic E-state index is 0. The van der Waals surface area contributed by atoms with Gasteiger partial charge in [-0.15, -0.1) is 34.9 Å². The van der Waals surface area contributed by atoms with Crippen LogP contribution in [0.2, 0.25) is 0 Å². The van der Waals surface area contributed by atoms with Crippen molar-refractivity contribution >= 4 is 16.7 Å². The summed E-state index contributed by atoms with van der Waals surface area (Å²) in [7, 11) is 0. The number of Topliss-reactive ketones (excluding diaryl/α,β-unsaturated/α-hetero) is 1. The molecule has 3 nitrogen and oxygen atoms in total. The summed E-state index contributed by atoms with van der Waals surface area (Å²) in [5.41, 5.74) is 5.60. The molecule has 4 rings (SSSR count). The zero-order chi connectivity index (χ0) is 33.1. The largest absolute Gasteiger partial charge is 0.512 e. The Labute approximate surface area is 279 Å². The van der Waals surface area contributed by atoms with Crippen molar-refractivity contribution < 1.29 is 34.1 Å². The van der Waals surface area contributed by atoms with Gasteiger partial charge in [0, 0.05) is 47.0 Å². The van der Waals surface area contributed by atoms with Crippen molar-refractivity contribution in [2.24, 2.45) is 17.8 Å². The van der Waals surface area contributed by atoms with Crippen LogP contribution in [0.4, 0.5) is 0 Å². The number of aliphatic hydroxyl groups is 1. The summed E-state index contributed by atoms with van der Waals surface area (Å²) in [6.07, 6.45) is 12.7. The second-order valence-electron chi connectivity index (χ2n) is 12.1. The van der Waals surface area contributed by atoms with Gasteiger partial charge in [-0.2, -0.15) is 0 Å². The van der Waals surface area contributed by atoms with E-state index in [2.05, 4.69) is 30.3 Å². The van der Waals surface area contributed by atoms with Gasteiger partial charge in [0.15, 0.2) is 5.78 Å². The van der Waals surface area contributed by atoms with Gasteiger partial charge in [0.2, 0.25) is 0 Å². The van der Waals surface area contributed by atoms with Crippen LogP contribution < -0.4 is 0 Å². The topological polar surface area (TPSA) is 50.2 Å². The van der Waals surface area contributed by atoms with Gasteiger partial charge in [-0.05, 0) is 62.3 Å². The van der Waals surface area contributed by atoms with Gasteiger partial charge in [0.05, 0.1) is 5.52 Å². The second-order valence-corrected chi connectivity index (χ2v) is 12.1. The Hall–Kier alpha value is -2.29. The quantitative estimate of drug-likeness (QED) is 0.0968. The number of allylic oxidation sites excluding steroid dienone is 2. The van der Waals surface area contributed by atoms with Gasteiger partial charge < -0.3 is 5.11 Å². The molecule has 1 radical (unpaired) electrons. The van der Waals surface area contributed by atoms with Crippen LogP contribution in [-0.2, 0) is 31.3 Å². The smallest absolute Gasteiger partial charge is 0.164 e. The molecule has 0 amide bonds. The number of pyridine rings is 1. The first kappa shape index (κ1) is 32.1. The normalized spacial score (nSPS) is 15.9. The minimum atomic E-state index is -2.16. The van der Waals surface area contributed by atoms with Crippen molar-refractivity contribution in [2.45, 2.75) is 119 Å². The Morgan fingerprint density at radius 1 is 0.977 bits per heavy atom. The second kappa shape index (κ2) is 18.5. The number of benzene rings is 2. The maximum atomic E-state index is 12.1. The van der Waals surface area contributed by atoms with E-state index in [9.17, 15) is 9.90 Å². The third-order valence-electron chi connectivity index (χ3n) is 9.08. The van der Waals surface area contributed by atoms with E-state index < -0.39 is 6.85 Å². The van der Waals surface area contributed by atoms with Crippen molar-refractivity contribution in [1.29, 1.82) is 0 Å². The molecule has 1 aromatic heterocycles. The third-order valence-corrected chi connectivity index (χ3v) is 9.08. The molecule has 1 fully saturated rings. The van der Waals surface area contributed by atoms with Crippen molar-refractivity contribution in [1.82, 2.24) is 4.98 Å². The molecule has 0 spiro atoms. The van der Waals surface area contributed by atoms with E-state index in [4.69, 9.17) is 9.10 Å². The van der Waals surface area contributed by atoms with E-state index in [1.807, 2.05) is 46.8 Å². The first-order valence-electron chi connectivity index (χ1n) is 17.8. The van der Waals surface area contributed by atoms with Crippen molar-refractivity contribution in [3.8, 4) is 11.3 Å². The van der Waals surface area contributed by atoms with Crippen LogP contribution in [0.3, 0.4) is 0 Å². The molecule has 0 atom stereocenters. The first-order valence-corrected chi connectivity index (χ1v) is 16.3. The van der Waals surface area contributed by atoms with Crippen LogP contribution in [0.1, 0.15) is 120 Å². The fourth-order valence-electron chi connectivity index (χ4n) is 6.35. The molecular weight excluding hydrogens is 707 g/mol. The van der Waals surface area contributed by atoms with Crippen LogP contribution in [0.15, 0.2) is 53.8 Å². The molecule has 0 bridgehead atoms. The number of aromatic nitrogens is 1. The average Bonchev–Trinajstić information content (AvgIpc) is 3.30. The summed E-state index contributed by atoms with van der Waals surface area (Å²) in [5.74, 6) is 1.40.